The first-order valence-electron chi connectivity index (χ1n) is 11.3. The van der Waals surface area contributed by atoms with Gasteiger partial charge in [0, 0.05) is 23.5 Å². The highest BCUT2D eigenvalue weighted by Crippen LogP contribution is 2.27. The van der Waals surface area contributed by atoms with Gasteiger partial charge in [0.05, 0.1) is 47.3 Å². The normalized spacial score (nSPS) is 20.8. The van der Waals surface area contributed by atoms with Crippen molar-refractivity contribution in [2.45, 2.75) is 37.8 Å². The molecule has 0 radical (unpaired) electrons. The average Bonchev–Trinajstić information content (AvgIpc) is 3.66. The van der Waals surface area contributed by atoms with Crippen LogP contribution in [0.1, 0.15) is 49.4 Å². The van der Waals surface area contributed by atoms with Gasteiger partial charge in [-0.15, -0.1) is 0 Å². The molecule has 4 aromatic rings. The van der Waals surface area contributed by atoms with Gasteiger partial charge < -0.3 is 20.6 Å². The van der Waals surface area contributed by atoms with Gasteiger partial charge in [0.2, 0.25) is 0 Å². The zero-order valence-electron chi connectivity index (χ0n) is 17.8. The van der Waals surface area contributed by atoms with E-state index in [0.29, 0.717) is 12.1 Å². The fourth-order valence-electron chi connectivity index (χ4n) is 4.57. The molecule has 8 heteroatoms. The summed E-state index contributed by atoms with van der Waals surface area (Å²) in [6.45, 7) is 2.12. The molecule has 32 heavy (non-hydrogen) atoms. The van der Waals surface area contributed by atoms with E-state index in [1.165, 1.54) is 12.8 Å². The maximum Gasteiger partial charge on any atom is 0.123 e. The fourth-order valence-corrected chi connectivity index (χ4v) is 4.57. The summed E-state index contributed by atoms with van der Waals surface area (Å²) in [7, 11) is 0. The third-order valence-corrected chi connectivity index (χ3v) is 6.38. The van der Waals surface area contributed by atoms with Gasteiger partial charge in [0.25, 0.3) is 0 Å². The monoisotopic (exact) mass is 426 g/mol. The van der Waals surface area contributed by atoms with Crippen LogP contribution >= 0.6 is 0 Å². The highest BCUT2D eigenvalue weighted by atomic mass is 15.0. The van der Waals surface area contributed by atoms with Crippen molar-refractivity contribution >= 4 is 0 Å². The Morgan fingerprint density at radius 1 is 0.594 bits per heavy atom. The molecule has 162 valence electrons. The van der Waals surface area contributed by atoms with Crippen molar-refractivity contribution < 1.29 is 0 Å². The van der Waals surface area contributed by atoms with Crippen molar-refractivity contribution in [2.75, 3.05) is 13.1 Å². The standard InChI is InChI=1S/C24H26N8/c1-3-19(25-9-1)23-29-13-21(31-23)15-5-7-17(27-11-15)18-8-6-16(12-28-18)22-14-30-24(32-22)20-4-2-10-26-20/h5-8,11-14,19-20,25-26H,1-4,9-10H2,(H,29,31)(H,30,32)/t19-,20-/m0/s1. The summed E-state index contributed by atoms with van der Waals surface area (Å²) in [4.78, 5) is 25.2. The second-order valence-corrected chi connectivity index (χ2v) is 8.53. The zero-order chi connectivity index (χ0) is 21.3. The maximum absolute atomic E-state index is 4.64. The van der Waals surface area contributed by atoms with E-state index < -0.39 is 0 Å². The van der Waals surface area contributed by atoms with E-state index >= 15 is 0 Å². The molecule has 0 aliphatic carbocycles. The highest BCUT2D eigenvalue weighted by molar-refractivity contribution is 5.65. The molecule has 0 bridgehead atoms. The Hall–Kier alpha value is -3.36. The lowest BCUT2D eigenvalue weighted by Crippen LogP contribution is -2.14. The molecule has 0 aromatic carbocycles. The van der Waals surface area contributed by atoms with E-state index in [1.54, 1.807) is 0 Å². The number of imidazole rings is 2. The summed E-state index contributed by atoms with van der Waals surface area (Å²) >= 11 is 0. The Morgan fingerprint density at radius 3 is 1.47 bits per heavy atom. The highest BCUT2D eigenvalue weighted by Gasteiger charge is 2.20. The van der Waals surface area contributed by atoms with Crippen LogP contribution in [0, 0.1) is 0 Å². The molecule has 0 spiro atoms. The third kappa shape index (κ3) is 3.72. The molecule has 2 aliphatic rings. The zero-order valence-corrected chi connectivity index (χ0v) is 17.8. The van der Waals surface area contributed by atoms with Gasteiger partial charge in [-0.2, -0.15) is 0 Å². The second kappa shape index (κ2) is 8.29. The van der Waals surface area contributed by atoms with Gasteiger partial charge in [-0.25, -0.2) is 9.97 Å². The Kier molecular flexibility index (Phi) is 5.01. The number of H-pyrrole nitrogens is 2. The Morgan fingerprint density at radius 2 is 1.09 bits per heavy atom. The van der Waals surface area contributed by atoms with Gasteiger partial charge in [0.15, 0.2) is 0 Å². The van der Waals surface area contributed by atoms with E-state index in [-0.39, 0.29) is 0 Å². The average molecular weight is 427 g/mol. The van der Waals surface area contributed by atoms with Crippen molar-refractivity contribution in [1.29, 1.82) is 0 Å². The van der Waals surface area contributed by atoms with E-state index in [1.807, 2.05) is 36.9 Å². The number of aromatic amines is 2. The van der Waals surface area contributed by atoms with Gasteiger partial charge in [-0.1, -0.05) is 0 Å². The van der Waals surface area contributed by atoms with Gasteiger partial charge >= 0.3 is 0 Å². The summed E-state index contributed by atoms with van der Waals surface area (Å²) < 4.78 is 0. The predicted octanol–water partition coefficient (Wildman–Crippen LogP) is 3.77. The number of nitrogens with zero attached hydrogens (tertiary/aromatic N) is 4. The van der Waals surface area contributed by atoms with Crippen LogP contribution in [0.2, 0.25) is 0 Å². The molecular weight excluding hydrogens is 400 g/mol. The van der Waals surface area contributed by atoms with Crippen LogP contribution in [-0.2, 0) is 0 Å². The molecule has 6 rings (SSSR count). The van der Waals surface area contributed by atoms with E-state index in [0.717, 1.165) is 71.5 Å². The fraction of sp³-hybridized carbons (Fsp3) is 0.333. The van der Waals surface area contributed by atoms with Crippen LogP contribution < -0.4 is 10.6 Å². The minimum Gasteiger partial charge on any atom is -0.341 e. The summed E-state index contributed by atoms with van der Waals surface area (Å²) in [6, 6.07) is 8.80. The summed E-state index contributed by atoms with van der Waals surface area (Å²) in [5, 5.41) is 6.95. The van der Waals surface area contributed by atoms with Crippen LogP contribution in [0.3, 0.4) is 0 Å². The number of hydrogen-bond acceptors (Lipinski definition) is 6. The molecule has 4 aromatic heterocycles. The second-order valence-electron chi connectivity index (χ2n) is 8.53. The number of nitrogens with one attached hydrogen (secondary N) is 4. The smallest absolute Gasteiger partial charge is 0.123 e. The minimum absolute atomic E-state index is 0.332. The van der Waals surface area contributed by atoms with Gasteiger partial charge in [0.1, 0.15) is 11.6 Å². The first-order chi connectivity index (χ1) is 15.8. The lowest BCUT2D eigenvalue weighted by molar-refractivity contribution is 0.613. The van der Waals surface area contributed by atoms with Crippen LogP contribution in [0.25, 0.3) is 33.9 Å². The molecule has 8 nitrogen and oxygen atoms in total. The molecule has 2 saturated heterocycles. The quantitative estimate of drug-likeness (QED) is 0.387. The van der Waals surface area contributed by atoms with E-state index in [2.05, 4.69) is 52.7 Å². The Balaban J connectivity index is 1.17. The van der Waals surface area contributed by atoms with Crippen molar-refractivity contribution in [3.8, 4) is 33.9 Å². The number of hydrogen-bond donors (Lipinski definition) is 4. The largest absolute Gasteiger partial charge is 0.341 e. The minimum atomic E-state index is 0.332. The molecule has 0 unspecified atom stereocenters. The summed E-state index contributed by atoms with van der Waals surface area (Å²) in [5.41, 5.74) is 5.71. The van der Waals surface area contributed by atoms with Crippen molar-refractivity contribution in [3.05, 3.63) is 60.7 Å². The number of pyridine rings is 2. The molecule has 6 heterocycles. The van der Waals surface area contributed by atoms with E-state index in [9.17, 15) is 0 Å². The van der Waals surface area contributed by atoms with E-state index in [4.69, 9.17) is 0 Å². The molecule has 4 N–H and O–H groups in total. The predicted molar refractivity (Wildman–Crippen MR) is 123 cm³/mol. The lowest BCUT2D eigenvalue weighted by Gasteiger charge is -2.06. The summed E-state index contributed by atoms with van der Waals surface area (Å²) in [6.07, 6.45) is 12.2. The molecule has 0 amide bonds. The Labute approximate surface area is 186 Å². The summed E-state index contributed by atoms with van der Waals surface area (Å²) in [5.74, 6) is 2.01. The van der Waals surface area contributed by atoms with Crippen LogP contribution in [0.5, 0.6) is 0 Å². The van der Waals surface area contributed by atoms with Crippen molar-refractivity contribution in [2.24, 2.45) is 0 Å². The van der Waals surface area contributed by atoms with Gasteiger partial charge in [-0.05, 0) is 63.0 Å². The van der Waals surface area contributed by atoms with Crippen LogP contribution in [-0.4, -0.2) is 43.0 Å². The molecular formula is C24H26N8. The van der Waals surface area contributed by atoms with Crippen molar-refractivity contribution in [3.63, 3.8) is 0 Å². The molecule has 2 aliphatic heterocycles. The number of rotatable bonds is 5. The van der Waals surface area contributed by atoms with Gasteiger partial charge in [-0.3, -0.25) is 9.97 Å². The first-order valence-corrected chi connectivity index (χ1v) is 11.3. The maximum atomic E-state index is 4.64. The topological polar surface area (TPSA) is 107 Å². The first kappa shape index (κ1) is 19.3. The molecule has 2 fully saturated rings. The number of aromatic nitrogens is 6. The van der Waals surface area contributed by atoms with Crippen molar-refractivity contribution in [1.82, 2.24) is 40.5 Å². The molecule has 2 atom stereocenters. The van der Waals surface area contributed by atoms with Crippen LogP contribution in [0.4, 0.5) is 0 Å². The Bertz CT molecular complexity index is 1080. The SMILES string of the molecule is c1cc(-c2ccc(-c3cnc([C@@H]4CCCN4)[nH]3)cn2)ncc1-c1cnc([C@@H]2CCCN2)[nH]1. The lowest BCUT2D eigenvalue weighted by atomic mass is 10.1. The molecule has 0 saturated carbocycles. The van der Waals surface area contributed by atoms with Crippen LogP contribution in [0.15, 0.2) is 49.1 Å². The third-order valence-electron chi connectivity index (χ3n) is 6.38.